The maximum Gasteiger partial charge on any atom is 0.0208 e. The van der Waals surface area contributed by atoms with E-state index in [1.165, 1.54) is 22.0 Å². The Morgan fingerprint density at radius 1 is 1.00 bits per heavy atom. The van der Waals surface area contributed by atoms with Crippen molar-refractivity contribution in [2.75, 3.05) is 11.5 Å². The van der Waals surface area contributed by atoms with Crippen molar-refractivity contribution in [3.8, 4) is 0 Å². The minimum Gasteiger partial charge on any atom is -0.132 e. The molecule has 0 saturated heterocycles. The lowest BCUT2D eigenvalue weighted by Crippen LogP contribution is -1.90. The van der Waals surface area contributed by atoms with Gasteiger partial charge in [0.1, 0.15) is 0 Å². The maximum atomic E-state index is 2.27. The second-order valence-corrected chi connectivity index (χ2v) is 4.68. The molecule has 0 nitrogen and oxygen atoms in total. The Hall–Kier alpha value is -0.340. The van der Waals surface area contributed by atoms with Crippen molar-refractivity contribution in [3.63, 3.8) is 0 Å². The van der Waals surface area contributed by atoms with Gasteiger partial charge >= 0.3 is 0 Å². The molecule has 1 aromatic carbocycles. The van der Waals surface area contributed by atoms with Gasteiger partial charge in [0.05, 0.1) is 0 Å². The van der Waals surface area contributed by atoms with Crippen LogP contribution in [-0.2, 0) is 0 Å². The zero-order chi connectivity index (χ0) is 8.23. The Morgan fingerprint density at radius 2 is 1.83 bits per heavy atom. The summed E-state index contributed by atoms with van der Waals surface area (Å²) in [7, 11) is 0. The lowest BCUT2D eigenvalue weighted by atomic mass is 10.2. The summed E-state index contributed by atoms with van der Waals surface area (Å²) in [5, 5.41) is 2.27. The summed E-state index contributed by atoms with van der Waals surface area (Å²) >= 11 is 3.87. The number of thioether (sulfide) groups is 2. The molecule has 0 fully saturated rings. The predicted molar refractivity (Wildman–Crippen MR) is 59.3 cm³/mol. The fourth-order valence-corrected chi connectivity index (χ4v) is 3.24. The van der Waals surface area contributed by atoms with Gasteiger partial charge in [0.2, 0.25) is 0 Å². The number of rotatable bonds is 1. The van der Waals surface area contributed by atoms with Crippen molar-refractivity contribution >= 4 is 28.4 Å². The molecule has 0 N–H and O–H groups in total. The van der Waals surface area contributed by atoms with Crippen LogP contribution in [0.25, 0.3) is 4.91 Å². The zero-order valence-corrected chi connectivity index (χ0v) is 8.33. The topological polar surface area (TPSA) is 0 Å². The van der Waals surface area contributed by atoms with E-state index < -0.39 is 0 Å². The highest BCUT2D eigenvalue weighted by atomic mass is 32.2. The molecule has 62 valence electrons. The van der Waals surface area contributed by atoms with Gasteiger partial charge in [-0.05, 0) is 11.0 Å². The Bertz CT molecular complexity index is 277. The molecule has 1 aliphatic heterocycles. The predicted octanol–water partition coefficient (Wildman–Crippen LogP) is 3.47. The molecule has 0 saturated carbocycles. The lowest BCUT2D eigenvalue weighted by Gasteiger charge is -2.11. The molecule has 2 heteroatoms. The summed E-state index contributed by atoms with van der Waals surface area (Å²) in [6, 6.07) is 10.6. The van der Waals surface area contributed by atoms with Crippen molar-refractivity contribution in [2.24, 2.45) is 0 Å². The maximum absolute atomic E-state index is 2.27. The normalized spacial score (nSPS) is 17.2. The summed E-state index contributed by atoms with van der Waals surface area (Å²) in [5.41, 5.74) is 1.36. The Morgan fingerprint density at radius 3 is 2.50 bits per heavy atom. The van der Waals surface area contributed by atoms with E-state index in [-0.39, 0.29) is 0 Å². The van der Waals surface area contributed by atoms with Crippen molar-refractivity contribution in [1.82, 2.24) is 0 Å². The van der Waals surface area contributed by atoms with Crippen molar-refractivity contribution < 1.29 is 0 Å². The molecule has 0 amide bonds. The van der Waals surface area contributed by atoms with Crippen LogP contribution >= 0.6 is 23.5 Å². The number of hydrogen-bond donors (Lipinski definition) is 0. The molecule has 0 aromatic heterocycles. The molecule has 0 aliphatic carbocycles. The molecule has 1 heterocycles. The van der Waals surface area contributed by atoms with Crippen LogP contribution in [0, 0.1) is 0 Å². The van der Waals surface area contributed by atoms with Gasteiger partial charge in [-0.25, -0.2) is 0 Å². The molecule has 1 aliphatic rings. The molecule has 0 unspecified atom stereocenters. The first-order valence-electron chi connectivity index (χ1n) is 3.97. The van der Waals surface area contributed by atoms with E-state index in [2.05, 4.69) is 35.7 Å². The highest BCUT2D eigenvalue weighted by Gasteiger charge is 2.05. The van der Waals surface area contributed by atoms with E-state index in [1.54, 1.807) is 0 Å². The lowest BCUT2D eigenvalue weighted by molar-refractivity contribution is 1.56. The summed E-state index contributed by atoms with van der Waals surface area (Å²) in [4.78, 5) is 1.42. The summed E-state index contributed by atoms with van der Waals surface area (Å²) in [5.74, 6) is 2.49. The molecule has 2 rings (SSSR count). The average Bonchev–Trinajstić information content (AvgIpc) is 2.21. The van der Waals surface area contributed by atoms with Crippen LogP contribution in [0.1, 0.15) is 5.56 Å². The van der Waals surface area contributed by atoms with E-state index in [4.69, 9.17) is 0 Å². The molecular weight excluding hydrogens is 184 g/mol. The first-order chi connectivity index (χ1) is 5.97. The molecule has 0 radical (unpaired) electrons. The fraction of sp³-hybridized carbons (Fsp3) is 0.200. The van der Waals surface area contributed by atoms with Gasteiger partial charge in [0, 0.05) is 16.4 Å². The monoisotopic (exact) mass is 194 g/mol. The van der Waals surface area contributed by atoms with E-state index in [1.807, 2.05) is 23.5 Å². The van der Waals surface area contributed by atoms with E-state index >= 15 is 0 Å². The minimum absolute atomic E-state index is 1.24. The van der Waals surface area contributed by atoms with Crippen LogP contribution in [0.15, 0.2) is 35.7 Å². The van der Waals surface area contributed by atoms with Crippen LogP contribution in [0.3, 0.4) is 0 Å². The first kappa shape index (κ1) is 8.27. The standard InChI is InChI=1S/C10H10S2/c1-2-4-9(5-3-1)10-8-11-6-7-12-10/h1-5,8H,6-7H2. The SMILES string of the molecule is C1=C(c2ccccc2)SCCS1. The third-order valence-electron chi connectivity index (χ3n) is 1.71. The van der Waals surface area contributed by atoms with Crippen molar-refractivity contribution in [3.05, 3.63) is 41.3 Å². The van der Waals surface area contributed by atoms with Crippen LogP contribution < -0.4 is 0 Å². The summed E-state index contributed by atoms with van der Waals surface area (Å²) in [6.07, 6.45) is 0. The van der Waals surface area contributed by atoms with Gasteiger partial charge in [0.15, 0.2) is 0 Å². The van der Waals surface area contributed by atoms with Crippen LogP contribution in [-0.4, -0.2) is 11.5 Å². The largest absolute Gasteiger partial charge is 0.132 e. The van der Waals surface area contributed by atoms with E-state index in [0.29, 0.717) is 0 Å². The molecule has 1 aromatic rings. The third kappa shape index (κ3) is 1.87. The quantitative estimate of drug-likeness (QED) is 0.671. The smallest absolute Gasteiger partial charge is 0.0208 e. The fourth-order valence-electron chi connectivity index (χ4n) is 1.12. The van der Waals surface area contributed by atoms with Crippen molar-refractivity contribution in [2.45, 2.75) is 0 Å². The molecule has 0 spiro atoms. The Balaban J connectivity index is 2.24. The van der Waals surface area contributed by atoms with E-state index in [0.717, 1.165) is 0 Å². The second-order valence-electron chi connectivity index (χ2n) is 2.57. The summed E-state index contributed by atoms with van der Waals surface area (Å²) in [6.45, 7) is 0. The second kappa shape index (κ2) is 4.06. The zero-order valence-electron chi connectivity index (χ0n) is 6.69. The minimum atomic E-state index is 1.24. The summed E-state index contributed by atoms with van der Waals surface area (Å²) < 4.78 is 0. The van der Waals surface area contributed by atoms with E-state index in [9.17, 15) is 0 Å². The van der Waals surface area contributed by atoms with Crippen LogP contribution in [0.2, 0.25) is 0 Å². The highest BCUT2D eigenvalue weighted by molar-refractivity contribution is 8.13. The van der Waals surface area contributed by atoms with Gasteiger partial charge in [-0.15, -0.1) is 23.5 Å². The molecule has 12 heavy (non-hydrogen) atoms. The van der Waals surface area contributed by atoms with Gasteiger partial charge in [0.25, 0.3) is 0 Å². The van der Waals surface area contributed by atoms with Crippen molar-refractivity contribution in [1.29, 1.82) is 0 Å². The number of hydrogen-bond acceptors (Lipinski definition) is 2. The number of benzene rings is 1. The van der Waals surface area contributed by atoms with Gasteiger partial charge < -0.3 is 0 Å². The molecule has 0 bridgehead atoms. The Kier molecular flexibility index (Phi) is 2.79. The van der Waals surface area contributed by atoms with Crippen LogP contribution in [0.5, 0.6) is 0 Å². The first-order valence-corrected chi connectivity index (χ1v) is 6.00. The van der Waals surface area contributed by atoms with Gasteiger partial charge in [-0.3, -0.25) is 0 Å². The Labute approximate surface area is 81.4 Å². The highest BCUT2D eigenvalue weighted by Crippen LogP contribution is 2.34. The average molecular weight is 194 g/mol. The molecular formula is C10H10S2. The van der Waals surface area contributed by atoms with Gasteiger partial charge in [-0.1, -0.05) is 30.3 Å². The third-order valence-corrected chi connectivity index (χ3v) is 4.03. The molecule has 0 atom stereocenters. The van der Waals surface area contributed by atoms with Gasteiger partial charge in [-0.2, -0.15) is 0 Å². The van der Waals surface area contributed by atoms with Crippen LogP contribution in [0.4, 0.5) is 0 Å².